The van der Waals surface area contributed by atoms with Crippen molar-refractivity contribution in [1.29, 1.82) is 0 Å². The highest BCUT2D eigenvalue weighted by atomic mass is 79.9. The van der Waals surface area contributed by atoms with Gasteiger partial charge < -0.3 is 4.90 Å². The molecule has 1 saturated heterocycles. The Hall–Kier alpha value is -4.18. The molecular weight excluding hydrogens is 577 g/mol. The highest BCUT2D eigenvalue weighted by molar-refractivity contribution is 9.10. The summed E-state index contributed by atoms with van der Waals surface area (Å²) in [6, 6.07) is 16.5. The quantitative estimate of drug-likeness (QED) is 0.291. The van der Waals surface area contributed by atoms with Crippen LogP contribution in [0.3, 0.4) is 0 Å². The van der Waals surface area contributed by atoms with Crippen molar-refractivity contribution in [3.8, 4) is 5.69 Å². The standard InChI is InChI=1S/C30H23BrFN5O3/c1-17-14-19(37-28(39)21-4-2-3-5-22(21)29(37)40)7-8-20(17)27(38)35-13-10-23(30(35)11-12-30)25-16-36(34-33-25)26-15-18(31)6-9-24(26)32/h2-9,14-16,23H,10-13H2,1H3. The Morgan fingerprint density at radius 2 is 1.75 bits per heavy atom. The normalized spacial score (nSPS) is 19.0. The molecule has 3 heterocycles. The van der Waals surface area contributed by atoms with Crippen molar-refractivity contribution in [2.75, 3.05) is 11.4 Å². The third-order valence-corrected chi connectivity index (χ3v) is 8.84. The third-order valence-electron chi connectivity index (χ3n) is 8.35. The van der Waals surface area contributed by atoms with Crippen LogP contribution in [0.4, 0.5) is 10.1 Å². The Labute approximate surface area is 237 Å². The summed E-state index contributed by atoms with van der Waals surface area (Å²) in [5.41, 5.74) is 3.12. The molecular formula is C30H23BrFN5O3. The Morgan fingerprint density at radius 1 is 1.02 bits per heavy atom. The van der Waals surface area contributed by atoms with Gasteiger partial charge in [0.05, 0.1) is 34.2 Å². The molecule has 10 heteroatoms. The average molecular weight is 600 g/mol. The van der Waals surface area contributed by atoms with E-state index in [2.05, 4.69) is 26.2 Å². The molecule has 1 spiro atoms. The molecule has 0 radical (unpaired) electrons. The number of aromatic nitrogens is 3. The van der Waals surface area contributed by atoms with E-state index in [1.54, 1.807) is 60.8 Å². The largest absolute Gasteiger partial charge is 0.332 e. The molecule has 3 amide bonds. The lowest BCUT2D eigenvalue weighted by Crippen LogP contribution is -2.39. The van der Waals surface area contributed by atoms with Crippen LogP contribution in [0.15, 0.2) is 71.3 Å². The van der Waals surface area contributed by atoms with E-state index in [-0.39, 0.29) is 29.2 Å². The number of carbonyl (C=O) groups excluding carboxylic acids is 3. The predicted octanol–water partition coefficient (Wildman–Crippen LogP) is 5.44. The minimum atomic E-state index is -0.399. The SMILES string of the molecule is Cc1cc(N2C(=O)c3ccccc3C2=O)ccc1C(=O)N1CCC(c2cn(-c3cc(Br)ccc3F)nn2)C12CC2. The van der Waals surface area contributed by atoms with Gasteiger partial charge in [0.25, 0.3) is 17.7 Å². The highest BCUT2D eigenvalue weighted by Gasteiger charge is 2.60. The van der Waals surface area contributed by atoms with E-state index in [9.17, 15) is 18.8 Å². The van der Waals surface area contributed by atoms with E-state index < -0.39 is 5.82 Å². The minimum Gasteiger partial charge on any atom is -0.332 e. The second-order valence-corrected chi connectivity index (χ2v) is 11.5. The fraction of sp³-hybridized carbons (Fsp3) is 0.233. The van der Waals surface area contributed by atoms with Gasteiger partial charge in [0.1, 0.15) is 11.5 Å². The summed E-state index contributed by atoms with van der Waals surface area (Å²) in [7, 11) is 0. The number of rotatable bonds is 4. The van der Waals surface area contributed by atoms with Gasteiger partial charge in [-0.05, 0) is 80.3 Å². The van der Waals surface area contributed by atoms with Crippen LogP contribution in [-0.4, -0.2) is 49.7 Å². The van der Waals surface area contributed by atoms with E-state index in [1.165, 1.54) is 10.7 Å². The number of aryl methyl sites for hydroxylation is 1. The number of anilines is 1. The van der Waals surface area contributed by atoms with Gasteiger partial charge in [-0.15, -0.1) is 5.10 Å². The van der Waals surface area contributed by atoms with Crippen molar-refractivity contribution in [2.24, 2.45) is 0 Å². The van der Waals surface area contributed by atoms with Gasteiger partial charge in [-0.2, -0.15) is 0 Å². The van der Waals surface area contributed by atoms with Crippen molar-refractivity contribution in [3.63, 3.8) is 0 Å². The topological polar surface area (TPSA) is 88.4 Å². The Morgan fingerprint density at radius 3 is 2.42 bits per heavy atom. The van der Waals surface area contributed by atoms with Crippen molar-refractivity contribution in [3.05, 3.63) is 105 Å². The molecule has 40 heavy (non-hydrogen) atoms. The molecule has 2 fully saturated rings. The van der Waals surface area contributed by atoms with Gasteiger partial charge in [0, 0.05) is 22.5 Å². The number of likely N-dealkylation sites (tertiary alicyclic amines) is 1. The van der Waals surface area contributed by atoms with Gasteiger partial charge in [-0.3, -0.25) is 14.4 Å². The highest BCUT2D eigenvalue weighted by Crippen LogP contribution is 2.57. The number of halogens is 2. The van der Waals surface area contributed by atoms with Crippen LogP contribution in [0.2, 0.25) is 0 Å². The maximum Gasteiger partial charge on any atom is 0.266 e. The monoisotopic (exact) mass is 599 g/mol. The van der Waals surface area contributed by atoms with Gasteiger partial charge in [0.2, 0.25) is 0 Å². The maximum atomic E-state index is 14.4. The smallest absolute Gasteiger partial charge is 0.266 e. The Bertz CT molecular complexity index is 1710. The zero-order chi connectivity index (χ0) is 27.8. The van der Waals surface area contributed by atoms with Crippen molar-refractivity contribution >= 4 is 39.3 Å². The molecule has 8 nitrogen and oxygen atoms in total. The van der Waals surface area contributed by atoms with E-state index in [4.69, 9.17) is 0 Å². The summed E-state index contributed by atoms with van der Waals surface area (Å²) in [6.45, 7) is 2.39. The maximum absolute atomic E-state index is 14.4. The first kappa shape index (κ1) is 24.8. The lowest BCUT2D eigenvalue weighted by molar-refractivity contribution is 0.0707. The molecule has 0 N–H and O–H groups in total. The van der Waals surface area contributed by atoms with E-state index >= 15 is 0 Å². The van der Waals surface area contributed by atoms with Crippen molar-refractivity contribution in [1.82, 2.24) is 19.9 Å². The number of hydrogen-bond acceptors (Lipinski definition) is 5. The number of imide groups is 1. The zero-order valence-electron chi connectivity index (χ0n) is 21.5. The van der Waals surface area contributed by atoms with E-state index in [0.29, 0.717) is 40.2 Å². The number of hydrogen-bond donors (Lipinski definition) is 0. The van der Waals surface area contributed by atoms with Crippen LogP contribution in [0.5, 0.6) is 0 Å². The summed E-state index contributed by atoms with van der Waals surface area (Å²) in [5, 5.41) is 8.56. The summed E-state index contributed by atoms with van der Waals surface area (Å²) in [4.78, 5) is 42.8. The molecule has 1 unspecified atom stereocenters. The molecule has 2 aliphatic heterocycles. The minimum absolute atomic E-state index is 0.00154. The molecule has 4 aromatic rings. The second kappa shape index (κ2) is 8.92. The first-order valence-electron chi connectivity index (χ1n) is 13.1. The second-order valence-electron chi connectivity index (χ2n) is 10.6. The van der Waals surface area contributed by atoms with Gasteiger partial charge in [0.15, 0.2) is 0 Å². The number of amides is 3. The van der Waals surface area contributed by atoms with Crippen LogP contribution in [0, 0.1) is 12.7 Å². The molecule has 7 rings (SSSR count). The Balaban J connectivity index is 1.14. The Kier molecular flexibility index (Phi) is 5.54. The van der Waals surface area contributed by atoms with Gasteiger partial charge >= 0.3 is 0 Å². The van der Waals surface area contributed by atoms with E-state index in [1.807, 2.05) is 11.8 Å². The fourth-order valence-corrected chi connectivity index (χ4v) is 6.57. The summed E-state index contributed by atoms with van der Waals surface area (Å²) in [6.07, 6.45) is 4.20. The molecule has 3 aromatic carbocycles. The fourth-order valence-electron chi connectivity index (χ4n) is 6.22. The zero-order valence-corrected chi connectivity index (χ0v) is 23.1. The number of carbonyl (C=O) groups is 3. The number of nitrogens with zero attached hydrogens (tertiary/aromatic N) is 5. The van der Waals surface area contributed by atoms with Crippen LogP contribution >= 0.6 is 15.9 Å². The average Bonchev–Trinajstić information content (AvgIpc) is 3.31. The van der Waals surface area contributed by atoms with Crippen molar-refractivity contribution < 1.29 is 18.8 Å². The lowest BCUT2D eigenvalue weighted by atomic mass is 9.94. The van der Waals surface area contributed by atoms with E-state index in [0.717, 1.165) is 34.3 Å². The van der Waals surface area contributed by atoms with Gasteiger partial charge in [-0.1, -0.05) is 33.3 Å². The molecule has 1 saturated carbocycles. The molecule has 1 atom stereocenters. The van der Waals surface area contributed by atoms with Crippen LogP contribution in [0.25, 0.3) is 5.69 Å². The predicted molar refractivity (Wildman–Crippen MR) is 148 cm³/mol. The number of benzene rings is 3. The third kappa shape index (κ3) is 3.66. The van der Waals surface area contributed by atoms with Gasteiger partial charge in [-0.25, -0.2) is 14.0 Å². The lowest BCUT2D eigenvalue weighted by Gasteiger charge is -2.28. The number of fused-ring (bicyclic) bond motifs is 1. The molecule has 1 aromatic heterocycles. The summed E-state index contributed by atoms with van der Waals surface area (Å²) in [5.74, 6) is -1.22. The first-order valence-corrected chi connectivity index (χ1v) is 13.9. The first-order chi connectivity index (χ1) is 19.3. The molecule has 0 bridgehead atoms. The van der Waals surface area contributed by atoms with Crippen LogP contribution < -0.4 is 4.90 Å². The molecule has 200 valence electrons. The van der Waals surface area contributed by atoms with Crippen LogP contribution in [0.1, 0.15) is 67.5 Å². The molecule has 3 aliphatic rings. The van der Waals surface area contributed by atoms with Crippen molar-refractivity contribution in [2.45, 2.75) is 37.6 Å². The summed E-state index contributed by atoms with van der Waals surface area (Å²) >= 11 is 3.37. The van der Waals surface area contributed by atoms with Crippen LogP contribution in [-0.2, 0) is 0 Å². The summed E-state index contributed by atoms with van der Waals surface area (Å²) < 4.78 is 16.6. The molecule has 1 aliphatic carbocycles.